The van der Waals surface area contributed by atoms with Crippen molar-refractivity contribution in [3.8, 4) is 0 Å². The van der Waals surface area contributed by atoms with E-state index in [9.17, 15) is 4.79 Å². The molecule has 0 fully saturated rings. The fraction of sp³-hybridized carbons (Fsp3) is 0.900. The predicted molar refractivity (Wildman–Crippen MR) is 61.4 cm³/mol. The molecule has 0 spiro atoms. The summed E-state index contributed by atoms with van der Waals surface area (Å²) in [6.45, 7) is 7.16. The summed E-state index contributed by atoms with van der Waals surface area (Å²) in [5.74, 6) is 1.43. The minimum atomic E-state index is -0.104. The molecule has 0 saturated heterocycles. The molecule has 0 aromatic rings. The smallest absolute Gasteiger partial charge is 0.306 e. The van der Waals surface area contributed by atoms with Crippen LogP contribution in [0.1, 0.15) is 27.2 Å². The van der Waals surface area contributed by atoms with E-state index in [1.807, 2.05) is 13.8 Å². The van der Waals surface area contributed by atoms with Gasteiger partial charge in [0.15, 0.2) is 0 Å². The van der Waals surface area contributed by atoms with Gasteiger partial charge >= 0.3 is 5.97 Å². The fourth-order valence-electron chi connectivity index (χ4n) is 0.910. The third-order valence-electron chi connectivity index (χ3n) is 1.83. The van der Waals surface area contributed by atoms with E-state index in [-0.39, 0.29) is 5.97 Å². The number of nitrogens with two attached hydrogens (primary N) is 1. The van der Waals surface area contributed by atoms with Crippen LogP contribution in [0.15, 0.2) is 0 Å². The Hall–Kier alpha value is -0.220. The van der Waals surface area contributed by atoms with Crippen LogP contribution in [0.4, 0.5) is 0 Å². The van der Waals surface area contributed by atoms with E-state index in [2.05, 4.69) is 6.92 Å². The molecule has 2 atom stereocenters. The van der Waals surface area contributed by atoms with Gasteiger partial charge < -0.3 is 10.5 Å². The first-order valence-electron chi connectivity index (χ1n) is 5.07. The van der Waals surface area contributed by atoms with Gasteiger partial charge in [-0.15, -0.1) is 0 Å². The highest BCUT2D eigenvalue weighted by Crippen LogP contribution is 2.17. The second kappa shape index (κ2) is 8.12. The first-order chi connectivity index (χ1) is 6.60. The molecule has 14 heavy (non-hydrogen) atoms. The van der Waals surface area contributed by atoms with E-state index in [1.165, 1.54) is 0 Å². The summed E-state index contributed by atoms with van der Waals surface area (Å²) in [5.41, 5.74) is 5.50. The van der Waals surface area contributed by atoms with Gasteiger partial charge in [0.1, 0.15) is 0 Å². The number of rotatable bonds is 7. The molecular formula is C10H21NO2S. The Bertz CT molecular complexity index is 164. The Kier molecular flexibility index (Phi) is 7.99. The van der Waals surface area contributed by atoms with E-state index >= 15 is 0 Å². The van der Waals surface area contributed by atoms with Crippen LogP contribution in [0.25, 0.3) is 0 Å². The highest BCUT2D eigenvalue weighted by Gasteiger charge is 2.11. The summed E-state index contributed by atoms with van der Waals surface area (Å²) < 4.78 is 4.87. The molecule has 0 aliphatic carbocycles. The van der Waals surface area contributed by atoms with Crippen molar-refractivity contribution in [2.75, 3.05) is 18.9 Å². The average molecular weight is 219 g/mol. The maximum atomic E-state index is 11.1. The van der Waals surface area contributed by atoms with Crippen LogP contribution < -0.4 is 5.73 Å². The largest absolute Gasteiger partial charge is 0.466 e. The zero-order valence-corrected chi connectivity index (χ0v) is 10.1. The standard InChI is InChI=1S/C10H21NO2S/c1-4-13-10(12)5-9(3)14-7-8(2)6-11/h8-9H,4-7,11H2,1-3H3. The highest BCUT2D eigenvalue weighted by atomic mass is 32.2. The SMILES string of the molecule is CCOC(=O)CC(C)SCC(C)CN. The molecule has 0 saturated carbocycles. The van der Waals surface area contributed by atoms with Crippen LogP contribution in [0.2, 0.25) is 0 Å². The van der Waals surface area contributed by atoms with Crippen molar-refractivity contribution < 1.29 is 9.53 Å². The van der Waals surface area contributed by atoms with E-state index in [0.29, 0.717) is 30.7 Å². The van der Waals surface area contributed by atoms with Gasteiger partial charge in [-0.2, -0.15) is 11.8 Å². The molecule has 0 rings (SSSR count). The van der Waals surface area contributed by atoms with Crippen LogP contribution in [0, 0.1) is 5.92 Å². The Morgan fingerprint density at radius 1 is 1.50 bits per heavy atom. The molecule has 3 nitrogen and oxygen atoms in total. The summed E-state index contributed by atoms with van der Waals surface area (Å²) >= 11 is 1.78. The number of carbonyl (C=O) groups excluding carboxylic acids is 1. The summed E-state index contributed by atoms with van der Waals surface area (Å²) in [7, 11) is 0. The third-order valence-corrected chi connectivity index (χ3v) is 3.32. The minimum Gasteiger partial charge on any atom is -0.466 e. The van der Waals surface area contributed by atoms with Crippen LogP contribution in [-0.4, -0.2) is 30.1 Å². The fourth-order valence-corrected chi connectivity index (χ4v) is 1.96. The first kappa shape index (κ1) is 13.8. The quantitative estimate of drug-likeness (QED) is 0.662. The Morgan fingerprint density at radius 2 is 2.14 bits per heavy atom. The van der Waals surface area contributed by atoms with Gasteiger partial charge in [0.2, 0.25) is 0 Å². The van der Waals surface area contributed by atoms with Gasteiger partial charge in [-0.05, 0) is 25.1 Å². The van der Waals surface area contributed by atoms with E-state index in [4.69, 9.17) is 10.5 Å². The zero-order chi connectivity index (χ0) is 11.0. The van der Waals surface area contributed by atoms with E-state index in [0.717, 1.165) is 5.75 Å². The third kappa shape index (κ3) is 7.21. The van der Waals surface area contributed by atoms with Crippen LogP contribution in [0.5, 0.6) is 0 Å². The minimum absolute atomic E-state index is 0.104. The second-order valence-corrected chi connectivity index (χ2v) is 4.97. The molecule has 0 aliphatic heterocycles. The maximum absolute atomic E-state index is 11.1. The summed E-state index contributed by atoms with van der Waals surface area (Å²) in [5, 5.41) is 0.322. The molecule has 0 amide bonds. The molecule has 2 unspecified atom stereocenters. The number of ether oxygens (including phenoxy) is 1. The Morgan fingerprint density at radius 3 is 2.64 bits per heavy atom. The molecule has 0 aromatic carbocycles. The van der Waals surface area contributed by atoms with E-state index in [1.54, 1.807) is 11.8 Å². The topological polar surface area (TPSA) is 52.3 Å². The van der Waals surface area contributed by atoms with Gasteiger partial charge in [-0.25, -0.2) is 0 Å². The highest BCUT2D eigenvalue weighted by molar-refractivity contribution is 7.99. The monoisotopic (exact) mass is 219 g/mol. The van der Waals surface area contributed by atoms with Crippen LogP contribution in [-0.2, 0) is 9.53 Å². The predicted octanol–water partition coefficient (Wildman–Crippen LogP) is 1.66. The molecule has 0 bridgehead atoms. The van der Waals surface area contributed by atoms with Crippen molar-refractivity contribution in [3.05, 3.63) is 0 Å². The van der Waals surface area contributed by atoms with Crippen LogP contribution in [0.3, 0.4) is 0 Å². The van der Waals surface area contributed by atoms with Crippen molar-refractivity contribution in [1.29, 1.82) is 0 Å². The summed E-state index contributed by atoms with van der Waals surface area (Å²) in [4.78, 5) is 11.1. The summed E-state index contributed by atoms with van der Waals surface area (Å²) in [6.07, 6.45) is 0.496. The average Bonchev–Trinajstić information content (AvgIpc) is 2.14. The number of hydrogen-bond acceptors (Lipinski definition) is 4. The second-order valence-electron chi connectivity index (χ2n) is 3.49. The molecule has 84 valence electrons. The van der Waals surface area contributed by atoms with Crippen molar-refractivity contribution in [2.24, 2.45) is 11.7 Å². The van der Waals surface area contributed by atoms with Crippen molar-refractivity contribution in [1.82, 2.24) is 0 Å². The number of carbonyl (C=O) groups is 1. The van der Waals surface area contributed by atoms with Gasteiger partial charge in [0, 0.05) is 5.25 Å². The molecule has 4 heteroatoms. The van der Waals surface area contributed by atoms with Gasteiger partial charge in [-0.1, -0.05) is 13.8 Å². The van der Waals surface area contributed by atoms with E-state index < -0.39 is 0 Å². The lowest BCUT2D eigenvalue weighted by molar-refractivity contribution is -0.142. The molecular weight excluding hydrogens is 198 g/mol. The van der Waals surface area contributed by atoms with Gasteiger partial charge in [0.25, 0.3) is 0 Å². The van der Waals surface area contributed by atoms with Crippen LogP contribution >= 0.6 is 11.8 Å². The summed E-state index contributed by atoms with van der Waals surface area (Å²) in [6, 6.07) is 0. The number of hydrogen-bond donors (Lipinski definition) is 1. The lowest BCUT2D eigenvalue weighted by Crippen LogP contribution is -2.16. The lowest BCUT2D eigenvalue weighted by Gasteiger charge is -2.13. The van der Waals surface area contributed by atoms with Crippen molar-refractivity contribution >= 4 is 17.7 Å². The van der Waals surface area contributed by atoms with Gasteiger partial charge in [0.05, 0.1) is 13.0 Å². The zero-order valence-electron chi connectivity index (χ0n) is 9.29. The molecule has 2 N–H and O–H groups in total. The lowest BCUT2D eigenvalue weighted by atomic mass is 10.2. The molecule has 0 aromatic heterocycles. The number of esters is 1. The number of thioether (sulfide) groups is 1. The Labute approximate surface area is 90.8 Å². The Balaban J connectivity index is 3.54. The first-order valence-corrected chi connectivity index (χ1v) is 6.12. The van der Waals surface area contributed by atoms with Gasteiger partial charge in [-0.3, -0.25) is 4.79 Å². The maximum Gasteiger partial charge on any atom is 0.306 e. The van der Waals surface area contributed by atoms with Crippen molar-refractivity contribution in [2.45, 2.75) is 32.4 Å². The molecule has 0 heterocycles. The molecule has 0 radical (unpaired) electrons. The van der Waals surface area contributed by atoms with Crippen molar-refractivity contribution in [3.63, 3.8) is 0 Å². The molecule has 0 aliphatic rings. The normalized spacial score (nSPS) is 14.9.